The van der Waals surface area contributed by atoms with Gasteiger partial charge in [-0.2, -0.15) is 4.98 Å². The van der Waals surface area contributed by atoms with Gasteiger partial charge in [-0.05, 0) is 42.5 Å². The number of amides is 2. The highest BCUT2D eigenvalue weighted by molar-refractivity contribution is 5.90. The zero-order chi connectivity index (χ0) is 17.9. The van der Waals surface area contributed by atoms with E-state index >= 15 is 0 Å². The van der Waals surface area contributed by atoms with Gasteiger partial charge in [0.05, 0.1) is 6.04 Å². The lowest BCUT2D eigenvalue weighted by Crippen LogP contribution is -2.34. The number of carbonyl (C=O) groups is 1. The number of anilines is 1. The van der Waals surface area contributed by atoms with Crippen LogP contribution in [-0.4, -0.2) is 16.2 Å². The van der Waals surface area contributed by atoms with Crippen LogP contribution in [0.15, 0.2) is 53.1 Å². The van der Waals surface area contributed by atoms with E-state index in [1.807, 2.05) is 36.4 Å². The molecular formula is C20H20N4O2. The average Bonchev–Trinajstić information content (AvgIpc) is 3.09. The van der Waals surface area contributed by atoms with Crippen LogP contribution in [0.1, 0.15) is 35.9 Å². The van der Waals surface area contributed by atoms with Crippen molar-refractivity contribution < 1.29 is 9.32 Å². The first kappa shape index (κ1) is 16.3. The molecule has 6 nitrogen and oxygen atoms in total. The van der Waals surface area contributed by atoms with Gasteiger partial charge in [0.2, 0.25) is 11.7 Å². The monoisotopic (exact) mass is 348 g/mol. The van der Waals surface area contributed by atoms with E-state index in [1.165, 1.54) is 11.1 Å². The minimum Gasteiger partial charge on any atom is -0.339 e. The lowest BCUT2D eigenvalue weighted by Gasteiger charge is -2.26. The van der Waals surface area contributed by atoms with Crippen LogP contribution in [0.2, 0.25) is 0 Å². The van der Waals surface area contributed by atoms with Crippen LogP contribution in [-0.2, 0) is 6.42 Å². The van der Waals surface area contributed by atoms with E-state index < -0.39 is 0 Å². The van der Waals surface area contributed by atoms with Gasteiger partial charge in [-0.25, -0.2) is 4.79 Å². The second kappa shape index (κ2) is 7.00. The molecule has 1 aromatic heterocycles. The maximum absolute atomic E-state index is 12.5. The molecule has 0 spiro atoms. The molecule has 1 aliphatic carbocycles. The van der Waals surface area contributed by atoms with E-state index in [-0.39, 0.29) is 12.1 Å². The normalized spacial score (nSPS) is 16.0. The van der Waals surface area contributed by atoms with Crippen molar-refractivity contribution in [3.8, 4) is 11.4 Å². The van der Waals surface area contributed by atoms with Gasteiger partial charge in [-0.1, -0.05) is 41.6 Å². The Morgan fingerprint density at radius 3 is 2.92 bits per heavy atom. The molecule has 1 heterocycles. The van der Waals surface area contributed by atoms with Crippen LogP contribution in [0.25, 0.3) is 11.4 Å². The third-order valence-electron chi connectivity index (χ3n) is 4.58. The standard InChI is InChI=1S/C20H20N4O2/c1-13-21-19(24-26-13)15-8-4-9-16(12-15)22-20(25)23-18-11-5-7-14-6-2-3-10-17(14)18/h2-4,6,8-10,12,18H,5,7,11H2,1H3,(H2,22,23,25)/t18-/m1/s1. The molecule has 0 bridgehead atoms. The molecule has 2 amide bonds. The fourth-order valence-corrected chi connectivity index (χ4v) is 3.38. The highest BCUT2D eigenvalue weighted by Gasteiger charge is 2.21. The lowest BCUT2D eigenvalue weighted by molar-refractivity contribution is 0.247. The Morgan fingerprint density at radius 2 is 2.08 bits per heavy atom. The number of aromatic nitrogens is 2. The van der Waals surface area contributed by atoms with Crippen molar-refractivity contribution >= 4 is 11.7 Å². The van der Waals surface area contributed by atoms with Gasteiger partial charge in [0.15, 0.2) is 0 Å². The molecule has 0 saturated carbocycles. The average molecular weight is 348 g/mol. The minimum absolute atomic E-state index is 0.0444. The molecule has 2 aromatic carbocycles. The SMILES string of the molecule is Cc1nc(-c2cccc(NC(=O)N[C@@H]3CCCc4ccccc43)c2)no1. The van der Waals surface area contributed by atoms with Crippen LogP contribution in [0, 0.1) is 6.92 Å². The maximum atomic E-state index is 12.5. The number of benzene rings is 2. The van der Waals surface area contributed by atoms with E-state index in [0.29, 0.717) is 17.4 Å². The number of rotatable bonds is 3. The molecule has 26 heavy (non-hydrogen) atoms. The van der Waals surface area contributed by atoms with Crippen molar-refractivity contribution in [2.24, 2.45) is 0 Å². The molecule has 0 aliphatic heterocycles. The Labute approximate surface area is 151 Å². The third kappa shape index (κ3) is 3.44. The number of aryl methyl sites for hydroxylation is 2. The zero-order valence-electron chi connectivity index (χ0n) is 14.5. The van der Waals surface area contributed by atoms with Gasteiger partial charge < -0.3 is 15.2 Å². The summed E-state index contributed by atoms with van der Waals surface area (Å²) >= 11 is 0. The molecule has 0 unspecified atom stereocenters. The van der Waals surface area contributed by atoms with E-state index in [2.05, 4.69) is 32.9 Å². The van der Waals surface area contributed by atoms with Crippen LogP contribution in [0.4, 0.5) is 10.5 Å². The summed E-state index contributed by atoms with van der Waals surface area (Å²) in [7, 11) is 0. The van der Waals surface area contributed by atoms with Crippen LogP contribution < -0.4 is 10.6 Å². The molecule has 2 N–H and O–H groups in total. The first-order valence-corrected chi connectivity index (χ1v) is 8.75. The molecule has 1 atom stereocenters. The van der Waals surface area contributed by atoms with Crippen molar-refractivity contribution in [1.82, 2.24) is 15.5 Å². The fraction of sp³-hybridized carbons (Fsp3) is 0.250. The quantitative estimate of drug-likeness (QED) is 0.742. The molecule has 0 saturated heterocycles. The summed E-state index contributed by atoms with van der Waals surface area (Å²) < 4.78 is 5.01. The maximum Gasteiger partial charge on any atom is 0.319 e. The number of urea groups is 1. The summed E-state index contributed by atoms with van der Waals surface area (Å²) in [6.07, 6.45) is 3.10. The number of fused-ring (bicyclic) bond motifs is 1. The second-order valence-electron chi connectivity index (χ2n) is 6.46. The van der Waals surface area contributed by atoms with E-state index in [0.717, 1.165) is 24.8 Å². The Hall–Kier alpha value is -3.15. The van der Waals surface area contributed by atoms with E-state index in [1.54, 1.807) is 6.92 Å². The van der Waals surface area contributed by atoms with Gasteiger partial charge in [0.25, 0.3) is 0 Å². The van der Waals surface area contributed by atoms with Crippen molar-refractivity contribution in [3.63, 3.8) is 0 Å². The predicted molar refractivity (Wildman–Crippen MR) is 98.7 cm³/mol. The lowest BCUT2D eigenvalue weighted by atomic mass is 9.88. The van der Waals surface area contributed by atoms with Crippen LogP contribution in [0.5, 0.6) is 0 Å². The van der Waals surface area contributed by atoms with Crippen molar-refractivity contribution in [2.45, 2.75) is 32.2 Å². The number of nitrogens with one attached hydrogen (secondary N) is 2. The first-order chi connectivity index (χ1) is 12.7. The number of hydrogen-bond donors (Lipinski definition) is 2. The molecular weight excluding hydrogens is 328 g/mol. The third-order valence-corrected chi connectivity index (χ3v) is 4.58. The smallest absolute Gasteiger partial charge is 0.319 e. The summed E-state index contributed by atoms with van der Waals surface area (Å²) in [5.74, 6) is 1.01. The summed E-state index contributed by atoms with van der Waals surface area (Å²) in [5, 5.41) is 9.90. The Balaban J connectivity index is 1.46. The molecule has 4 rings (SSSR count). The van der Waals surface area contributed by atoms with E-state index in [4.69, 9.17) is 4.52 Å². The first-order valence-electron chi connectivity index (χ1n) is 8.75. The predicted octanol–water partition coefficient (Wildman–Crippen LogP) is 4.24. The van der Waals surface area contributed by atoms with Crippen LogP contribution in [0.3, 0.4) is 0 Å². The second-order valence-corrected chi connectivity index (χ2v) is 6.46. The van der Waals surface area contributed by atoms with Crippen LogP contribution >= 0.6 is 0 Å². The minimum atomic E-state index is -0.215. The zero-order valence-corrected chi connectivity index (χ0v) is 14.5. The Kier molecular flexibility index (Phi) is 4.39. The Morgan fingerprint density at radius 1 is 1.19 bits per heavy atom. The number of hydrogen-bond acceptors (Lipinski definition) is 4. The summed E-state index contributed by atoms with van der Waals surface area (Å²) in [5.41, 5.74) is 4.01. The molecule has 132 valence electrons. The highest BCUT2D eigenvalue weighted by atomic mass is 16.5. The molecule has 6 heteroatoms. The summed E-state index contributed by atoms with van der Waals surface area (Å²) in [6.45, 7) is 1.74. The summed E-state index contributed by atoms with van der Waals surface area (Å²) in [6, 6.07) is 15.5. The van der Waals surface area contributed by atoms with Crippen molar-refractivity contribution in [1.29, 1.82) is 0 Å². The van der Waals surface area contributed by atoms with E-state index in [9.17, 15) is 4.79 Å². The fourth-order valence-electron chi connectivity index (χ4n) is 3.38. The molecule has 1 aliphatic rings. The number of carbonyl (C=O) groups excluding carboxylic acids is 1. The molecule has 0 fully saturated rings. The van der Waals surface area contributed by atoms with Gasteiger partial charge in [0.1, 0.15) is 0 Å². The molecule has 0 radical (unpaired) electrons. The highest BCUT2D eigenvalue weighted by Crippen LogP contribution is 2.29. The molecule has 3 aromatic rings. The summed E-state index contributed by atoms with van der Waals surface area (Å²) in [4.78, 5) is 16.7. The van der Waals surface area contributed by atoms with Gasteiger partial charge >= 0.3 is 6.03 Å². The largest absolute Gasteiger partial charge is 0.339 e. The Bertz CT molecular complexity index is 935. The van der Waals surface area contributed by atoms with Crippen molar-refractivity contribution in [3.05, 3.63) is 65.5 Å². The van der Waals surface area contributed by atoms with Gasteiger partial charge in [-0.15, -0.1) is 0 Å². The van der Waals surface area contributed by atoms with Gasteiger partial charge in [-0.3, -0.25) is 0 Å². The number of nitrogens with zero attached hydrogens (tertiary/aromatic N) is 2. The van der Waals surface area contributed by atoms with Crippen molar-refractivity contribution in [2.75, 3.05) is 5.32 Å². The van der Waals surface area contributed by atoms with Gasteiger partial charge in [0, 0.05) is 18.2 Å². The topological polar surface area (TPSA) is 80.0 Å².